The maximum Gasteiger partial charge on any atom is 0.216 e. The fraction of sp³-hybridized carbons (Fsp3) is 0.538. The largest absolute Gasteiger partial charge is 0.326 e. The Balaban J connectivity index is 2.01. The molecule has 1 aliphatic carbocycles. The van der Waals surface area contributed by atoms with Crippen LogP contribution in [0.2, 0.25) is 0 Å². The zero-order valence-corrected chi connectivity index (χ0v) is 11.4. The second-order valence-electron chi connectivity index (χ2n) is 5.03. The van der Waals surface area contributed by atoms with Gasteiger partial charge in [-0.2, -0.15) is 0 Å². The van der Waals surface area contributed by atoms with Crippen molar-refractivity contribution >= 4 is 10.0 Å². The van der Waals surface area contributed by atoms with E-state index in [4.69, 9.17) is 5.73 Å². The summed E-state index contributed by atoms with van der Waals surface area (Å²) >= 11 is 0. The maximum atomic E-state index is 12.0. The van der Waals surface area contributed by atoms with Crippen LogP contribution in [0.1, 0.15) is 30.9 Å². The minimum Gasteiger partial charge on any atom is -0.326 e. The van der Waals surface area contributed by atoms with Gasteiger partial charge >= 0.3 is 0 Å². The lowest BCUT2D eigenvalue weighted by Gasteiger charge is -2.13. The van der Waals surface area contributed by atoms with E-state index in [0.717, 1.165) is 24.0 Å². The number of nitrogens with one attached hydrogen (secondary N) is 1. The van der Waals surface area contributed by atoms with E-state index in [9.17, 15) is 8.42 Å². The second kappa shape index (κ2) is 5.38. The van der Waals surface area contributed by atoms with Crippen molar-refractivity contribution in [3.05, 3.63) is 35.4 Å². The Morgan fingerprint density at radius 1 is 1.39 bits per heavy atom. The quantitative estimate of drug-likeness (QED) is 0.818. The molecule has 0 aliphatic heterocycles. The predicted molar refractivity (Wildman–Crippen MR) is 72.3 cm³/mol. The summed E-state index contributed by atoms with van der Waals surface area (Å²) in [6.45, 7) is 2.37. The smallest absolute Gasteiger partial charge is 0.216 e. The SMILES string of the molecule is CC(NS(=O)(=O)Cc1cccc(CN)c1)C1CC1. The Kier molecular flexibility index (Phi) is 4.04. The summed E-state index contributed by atoms with van der Waals surface area (Å²) in [6.07, 6.45) is 2.26. The number of nitrogens with two attached hydrogens (primary N) is 1. The highest BCUT2D eigenvalue weighted by Gasteiger charge is 2.30. The minimum absolute atomic E-state index is 0.0257. The average Bonchev–Trinajstić information content (AvgIpc) is 3.11. The zero-order valence-electron chi connectivity index (χ0n) is 10.6. The zero-order chi connectivity index (χ0) is 13.2. The topological polar surface area (TPSA) is 72.2 Å². The van der Waals surface area contributed by atoms with E-state index in [1.807, 2.05) is 31.2 Å². The van der Waals surface area contributed by atoms with Gasteiger partial charge in [0, 0.05) is 12.6 Å². The molecule has 1 aromatic rings. The molecule has 0 spiro atoms. The lowest BCUT2D eigenvalue weighted by atomic mass is 10.1. The summed E-state index contributed by atoms with van der Waals surface area (Å²) in [4.78, 5) is 0. The van der Waals surface area contributed by atoms with E-state index >= 15 is 0 Å². The first-order chi connectivity index (χ1) is 8.50. The molecule has 2 rings (SSSR count). The summed E-state index contributed by atoms with van der Waals surface area (Å²) in [5.74, 6) is 0.549. The van der Waals surface area contributed by atoms with Gasteiger partial charge in [0.25, 0.3) is 0 Å². The summed E-state index contributed by atoms with van der Waals surface area (Å²) in [6, 6.07) is 7.46. The van der Waals surface area contributed by atoms with E-state index in [1.165, 1.54) is 0 Å². The third-order valence-corrected chi connectivity index (χ3v) is 4.72. The van der Waals surface area contributed by atoms with Gasteiger partial charge in [-0.25, -0.2) is 13.1 Å². The Hall–Kier alpha value is -0.910. The van der Waals surface area contributed by atoms with E-state index in [1.54, 1.807) is 0 Å². The van der Waals surface area contributed by atoms with Crippen LogP contribution < -0.4 is 10.5 Å². The van der Waals surface area contributed by atoms with Crippen LogP contribution >= 0.6 is 0 Å². The van der Waals surface area contributed by atoms with Crippen molar-refractivity contribution in [2.24, 2.45) is 11.7 Å². The summed E-state index contributed by atoms with van der Waals surface area (Å²) in [5.41, 5.74) is 7.29. The van der Waals surface area contributed by atoms with Gasteiger partial charge < -0.3 is 5.73 Å². The molecule has 1 aromatic carbocycles. The predicted octanol–water partition coefficient (Wildman–Crippen LogP) is 1.36. The first-order valence-electron chi connectivity index (χ1n) is 6.28. The van der Waals surface area contributed by atoms with Gasteiger partial charge in [-0.1, -0.05) is 24.3 Å². The van der Waals surface area contributed by atoms with Crippen molar-refractivity contribution in [1.82, 2.24) is 4.72 Å². The molecule has 4 nitrogen and oxygen atoms in total. The van der Waals surface area contributed by atoms with Crippen molar-refractivity contribution in [1.29, 1.82) is 0 Å². The second-order valence-corrected chi connectivity index (χ2v) is 6.78. The fourth-order valence-corrected chi connectivity index (χ4v) is 3.54. The molecule has 3 N–H and O–H groups in total. The molecule has 1 unspecified atom stereocenters. The molecule has 0 amide bonds. The monoisotopic (exact) mass is 268 g/mol. The molecule has 5 heteroatoms. The van der Waals surface area contributed by atoms with Crippen LogP contribution in [0.3, 0.4) is 0 Å². The highest BCUT2D eigenvalue weighted by atomic mass is 32.2. The molecule has 0 bridgehead atoms. The Bertz CT molecular complexity index is 509. The molecule has 100 valence electrons. The van der Waals surface area contributed by atoms with Gasteiger partial charge in [-0.3, -0.25) is 0 Å². The number of hydrogen-bond donors (Lipinski definition) is 2. The van der Waals surface area contributed by atoms with E-state index in [2.05, 4.69) is 4.72 Å². The Morgan fingerprint density at radius 3 is 2.67 bits per heavy atom. The van der Waals surface area contributed by atoms with Crippen LogP contribution in [-0.4, -0.2) is 14.5 Å². The molecular weight excluding hydrogens is 248 g/mol. The van der Waals surface area contributed by atoms with Gasteiger partial charge in [0.15, 0.2) is 0 Å². The lowest BCUT2D eigenvalue weighted by Crippen LogP contribution is -2.34. The number of benzene rings is 1. The van der Waals surface area contributed by atoms with Gasteiger partial charge in [0.05, 0.1) is 5.75 Å². The van der Waals surface area contributed by atoms with Crippen molar-refractivity contribution < 1.29 is 8.42 Å². The molecule has 0 saturated heterocycles. The highest BCUT2D eigenvalue weighted by molar-refractivity contribution is 7.88. The normalized spacial score (nSPS) is 17.7. The van der Waals surface area contributed by atoms with Gasteiger partial charge in [0.1, 0.15) is 0 Å². The number of hydrogen-bond acceptors (Lipinski definition) is 3. The van der Waals surface area contributed by atoms with Gasteiger partial charge in [-0.15, -0.1) is 0 Å². The molecule has 1 aliphatic rings. The average molecular weight is 268 g/mol. The molecule has 0 aromatic heterocycles. The molecular formula is C13H20N2O2S. The standard InChI is InChI=1S/C13H20N2O2S/c1-10(13-5-6-13)15-18(16,17)9-12-4-2-3-11(7-12)8-14/h2-4,7,10,13,15H,5-6,8-9,14H2,1H3. The first-order valence-corrected chi connectivity index (χ1v) is 7.93. The summed E-state index contributed by atoms with van der Waals surface area (Å²) in [5, 5.41) is 0. The van der Waals surface area contributed by atoms with Crippen LogP contribution in [0.4, 0.5) is 0 Å². The summed E-state index contributed by atoms with van der Waals surface area (Å²) < 4.78 is 26.7. The third kappa shape index (κ3) is 3.80. The van der Waals surface area contributed by atoms with Crippen molar-refractivity contribution in [2.45, 2.75) is 38.1 Å². The van der Waals surface area contributed by atoms with Crippen LogP contribution in [0.15, 0.2) is 24.3 Å². The molecule has 1 fully saturated rings. The summed E-state index contributed by atoms with van der Waals surface area (Å²) in [7, 11) is -3.25. The molecule has 18 heavy (non-hydrogen) atoms. The van der Waals surface area contributed by atoms with Gasteiger partial charge in [-0.05, 0) is 36.8 Å². The Morgan fingerprint density at radius 2 is 2.06 bits per heavy atom. The van der Waals surface area contributed by atoms with Crippen molar-refractivity contribution in [2.75, 3.05) is 0 Å². The van der Waals surface area contributed by atoms with Crippen molar-refractivity contribution in [3.8, 4) is 0 Å². The molecule has 1 saturated carbocycles. The van der Waals surface area contributed by atoms with E-state index < -0.39 is 10.0 Å². The number of sulfonamides is 1. The maximum absolute atomic E-state index is 12.0. The van der Waals surface area contributed by atoms with Crippen LogP contribution in [-0.2, 0) is 22.3 Å². The minimum atomic E-state index is -3.25. The van der Waals surface area contributed by atoms with Crippen LogP contribution in [0.5, 0.6) is 0 Å². The Labute approximate surface area is 109 Å². The van der Waals surface area contributed by atoms with E-state index in [0.29, 0.717) is 12.5 Å². The van der Waals surface area contributed by atoms with E-state index in [-0.39, 0.29) is 11.8 Å². The highest BCUT2D eigenvalue weighted by Crippen LogP contribution is 2.32. The third-order valence-electron chi connectivity index (χ3n) is 3.28. The van der Waals surface area contributed by atoms with Crippen LogP contribution in [0, 0.1) is 5.92 Å². The van der Waals surface area contributed by atoms with Crippen LogP contribution in [0.25, 0.3) is 0 Å². The lowest BCUT2D eigenvalue weighted by molar-refractivity contribution is 0.537. The number of rotatable bonds is 6. The molecule has 1 atom stereocenters. The van der Waals surface area contributed by atoms with Gasteiger partial charge in [0.2, 0.25) is 10.0 Å². The fourth-order valence-electron chi connectivity index (χ4n) is 2.08. The first kappa shape index (κ1) is 13.5. The van der Waals surface area contributed by atoms with Crippen molar-refractivity contribution in [3.63, 3.8) is 0 Å². The molecule has 0 radical (unpaired) electrons. The molecule has 0 heterocycles.